The lowest BCUT2D eigenvalue weighted by Crippen LogP contribution is -2.62. The number of aromatic nitrogens is 2. The van der Waals surface area contributed by atoms with Gasteiger partial charge in [-0.25, -0.2) is 14.2 Å². The number of fused-ring (bicyclic) bond motifs is 1. The van der Waals surface area contributed by atoms with Crippen LogP contribution in [0.5, 0.6) is 5.75 Å². The van der Waals surface area contributed by atoms with Crippen LogP contribution in [-0.2, 0) is 15.9 Å². The van der Waals surface area contributed by atoms with Crippen molar-refractivity contribution in [2.75, 3.05) is 46.0 Å². The predicted molar refractivity (Wildman–Crippen MR) is 146 cm³/mol. The third-order valence-electron chi connectivity index (χ3n) is 8.08. The molecule has 1 aromatic heterocycles. The van der Waals surface area contributed by atoms with Crippen LogP contribution in [0.2, 0.25) is 0 Å². The third kappa shape index (κ3) is 7.08. The Balaban J connectivity index is 1.11. The Labute approximate surface area is 229 Å². The van der Waals surface area contributed by atoms with Gasteiger partial charge in [0.1, 0.15) is 28.4 Å². The Morgan fingerprint density at radius 2 is 1.85 bits per heavy atom. The fourth-order valence-corrected chi connectivity index (χ4v) is 5.69. The van der Waals surface area contributed by atoms with Crippen LogP contribution in [0.4, 0.5) is 9.18 Å². The number of hydrogen-bond donors (Lipinski definition) is 1. The minimum Gasteiger partial charge on any atom is -0.493 e. The molecular formula is C29H41FN4O5. The van der Waals surface area contributed by atoms with E-state index in [2.05, 4.69) is 14.9 Å². The number of aromatic amines is 1. The highest BCUT2D eigenvalue weighted by atomic mass is 19.1. The molecule has 1 amide bonds. The van der Waals surface area contributed by atoms with E-state index in [-0.39, 0.29) is 11.5 Å². The van der Waals surface area contributed by atoms with Crippen molar-refractivity contribution in [3.05, 3.63) is 34.1 Å². The summed E-state index contributed by atoms with van der Waals surface area (Å²) in [6, 6.07) is 3.34. The Morgan fingerprint density at radius 3 is 2.54 bits per heavy atom. The highest BCUT2D eigenvalue weighted by molar-refractivity contribution is 5.79. The monoisotopic (exact) mass is 544 g/mol. The van der Waals surface area contributed by atoms with Gasteiger partial charge >= 0.3 is 6.09 Å². The number of likely N-dealkylation sites (tertiary alicyclic amines) is 2. The summed E-state index contributed by atoms with van der Waals surface area (Å²) < 4.78 is 31.7. The number of nitrogens with one attached hydrogen (secondary N) is 1. The Kier molecular flexibility index (Phi) is 8.42. The fourth-order valence-electron chi connectivity index (χ4n) is 5.69. The molecule has 5 rings (SSSR count). The number of nitrogens with zero attached hydrogens (tertiary/aromatic N) is 3. The van der Waals surface area contributed by atoms with Crippen LogP contribution < -0.4 is 10.3 Å². The van der Waals surface area contributed by atoms with E-state index < -0.39 is 17.0 Å². The highest BCUT2D eigenvalue weighted by Gasteiger charge is 2.38. The maximum atomic E-state index is 14.8. The third-order valence-corrected chi connectivity index (χ3v) is 8.08. The normalized spacial score (nSPS) is 20.3. The summed E-state index contributed by atoms with van der Waals surface area (Å²) in [6.45, 7) is 11.0. The first-order chi connectivity index (χ1) is 18.6. The van der Waals surface area contributed by atoms with Crippen molar-refractivity contribution in [1.29, 1.82) is 0 Å². The molecule has 3 saturated heterocycles. The molecule has 39 heavy (non-hydrogen) atoms. The zero-order valence-electron chi connectivity index (χ0n) is 23.3. The van der Waals surface area contributed by atoms with Gasteiger partial charge in [-0.15, -0.1) is 0 Å². The van der Waals surface area contributed by atoms with E-state index in [1.807, 2.05) is 20.8 Å². The molecule has 0 saturated carbocycles. The molecule has 0 unspecified atom stereocenters. The molecule has 0 spiro atoms. The quantitative estimate of drug-likeness (QED) is 0.560. The van der Waals surface area contributed by atoms with E-state index in [9.17, 15) is 14.0 Å². The van der Waals surface area contributed by atoms with Gasteiger partial charge in [-0.3, -0.25) is 9.69 Å². The van der Waals surface area contributed by atoms with Gasteiger partial charge in [0.25, 0.3) is 5.56 Å². The van der Waals surface area contributed by atoms with Crippen LogP contribution in [0, 0.1) is 17.7 Å². The van der Waals surface area contributed by atoms with Gasteiger partial charge in [-0.2, -0.15) is 0 Å². The molecule has 0 atom stereocenters. The number of rotatable bonds is 7. The topological polar surface area (TPSA) is 97.0 Å². The van der Waals surface area contributed by atoms with Crippen molar-refractivity contribution in [3.63, 3.8) is 0 Å². The smallest absolute Gasteiger partial charge is 0.410 e. The van der Waals surface area contributed by atoms with E-state index in [4.69, 9.17) is 14.2 Å². The van der Waals surface area contributed by atoms with Gasteiger partial charge in [-0.1, -0.05) is 0 Å². The van der Waals surface area contributed by atoms with Gasteiger partial charge in [0.15, 0.2) is 0 Å². The molecule has 2 aromatic rings. The summed E-state index contributed by atoms with van der Waals surface area (Å²) in [7, 11) is 0. The maximum absolute atomic E-state index is 14.8. The number of ether oxygens (including phenoxy) is 3. The van der Waals surface area contributed by atoms with Crippen LogP contribution in [0.1, 0.15) is 58.7 Å². The summed E-state index contributed by atoms with van der Waals surface area (Å²) in [5.74, 6) is 1.31. The van der Waals surface area contributed by atoms with Crippen molar-refractivity contribution in [2.45, 2.75) is 70.9 Å². The van der Waals surface area contributed by atoms with E-state index in [0.717, 1.165) is 58.4 Å². The molecule has 0 bridgehead atoms. The summed E-state index contributed by atoms with van der Waals surface area (Å²) in [6.07, 6.45) is 5.34. The molecule has 9 nitrogen and oxygen atoms in total. The molecule has 214 valence electrons. The number of halogens is 1. The van der Waals surface area contributed by atoms with E-state index in [1.165, 1.54) is 6.07 Å². The molecule has 3 aliphatic rings. The van der Waals surface area contributed by atoms with Crippen LogP contribution in [0.3, 0.4) is 0 Å². The minimum absolute atomic E-state index is 0.0219. The zero-order chi connectivity index (χ0) is 27.6. The van der Waals surface area contributed by atoms with Crippen molar-refractivity contribution in [3.8, 4) is 5.75 Å². The molecule has 3 fully saturated rings. The maximum Gasteiger partial charge on any atom is 0.410 e. The summed E-state index contributed by atoms with van der Waals surface area (Å²) in [4.78, 5) is 36.3. The van der Waals surface area contributed by atoms with E-state index in [0.29, 0.717) is 61.1 Å². The summed E-state index contributed by atoms with van der Waals surface area (Å²) >= 11 is 0. The van der Waals surface area contributed by atoms with Gasteiger partial charge in [0, 0.05) is 50.9 Å². The largest absolute Gasteiger partial charge is 0.493 e. The van der Waals surface area contributed by atoms with E-state index >= 15 is 0 Å². The molecule has 3 aliphatic heterocycles. The molecule has 10 heteroatoms. The number of benzene rings is 1. The fraction of sp³-hybridized carbons (Fsp3) is 0.690. The lowest BCUT2D eigenvalue weighted by Gasteiger charge is -2.47. The van der Waals surface area contributed by atoms with E-state index in [1.54, 1.807) is 11.0 Å². The summed E-state index contributed by atoms with van der Waals surface area (Å²) in [5.41, 5.74) is -0.586. The van der Waals surface area contributed by atoms with Crippen molar-refractivity contribution in [1.82, 2.24) is 19.8 Å². The van der Waals surface area contributed by atoms with Gasteiger partial charge in [-0.05, 0) is 77.8 Å². The van der Waals surface area contributed by atoms with Crippen molar-refractivity contribution >= 4 is 17.0 Å². The first-order valence-corrected chi connectivity index (χ1v) is 14.3. The second-order valence-electron chi connectivity index (χ2n) is 12.2. The average Bonchev–Trinajstić information content (AvgIpc) is 2.85. The number of H-pyrrole nitrogens is 1. The van der Waals surface area contributed by atoms with Crippen LogP contribution >= 0.6 is 0 Å². The van der Waals surface area contributed by atoms with Gasteiger partial charge in [0.05, 0.1) is 12.1 Å². The number of carbonyl (C=O) groups excluding carboxylic acids is 1. The Hall–Kier alpha value is -2.72. The molecule has 0 radical (unpaired) electrons. The molecule has 4 heterocycles. The minimum atomic E-state index is -0.610. The number of carbonyl (C=O) groups is 1. The lowest BCUT2D eigenvalue weighted by molar-refractivity contribution is -0.0229. The second kappa shape index (κ2) is 11.8. The average molecular weight is 545 g/mol. The number of aryl methyl sites for hydroxylation is 1. The first kappa shape index (κ1) is 27.8. The van der Waals surface area contributed by atoms with Crippen molar-refractivity contribution in [2.24, 2.45) is 11.8 Å². The standard InChI is InChI=1S/C29H41FN4O5/c1-29(2,3)39-28(36)34-16-21(17-34)33-10-6-20(7-11-33)18-38-22-14-23(30)26-24(15-22)31-25(32-27(26)35)5-4-19-8-12-37-13-9-19/h14-15,19-21H,4-13,16-18H2,1-3H3,(H,31,32,35). The zero-order valence-corrected chi connectivity index (χ0v) is 23.3. The van der Waals surface area contributed by atoms with Gasteiger partial charge < -0.3 is 24.1 Å². The molecule has 0 aliphatic carbocycles. The summed E-state index contributed by atoms with van der Waals surface area (Å²) in [5, 5.41) is -0.0219. The van der Waals surface area contributed by atoms with Crippen LogP contribution in [0.25, 0.3) is 10.9 Å². The van der Waals surface area contributed by atoms with Crippen LogP contribution in [0.15, 0.2) is 16.9 Å². The second-order valence-corrected chi connectivity index (χ2v) is 12.2. The number of hydrogen-bond acceptors (Lipinski definition) is 7. The number of piperidine rings is 1. The van der Waals surface area contributed by atoms with Crippen molar-refractivity contribution < 1.29 is 23.4 Å². The number of amides is 1. The Morgan fingerprint density at radius 1 is 1.13 bits per heavy atom. The van der Waals surface area contributed by atoms with Crippen LogP contribution in [-0.4, -0.2) is 83.5 Å². The lowest BCUT2D eigenvalue weighted by atomic mass is 9.95. The highest BCUT2D eigenvalue weighted by Crippen LogP contribution is 2.27. The first-order valence-electron chi connectivity index (χ1n) is 14.3. The molecule has 1 aromatic carbocycles. The predicted octanol–water partition coefficient (Wildman–Crippen LogP) is 4.13. The molecule has 1 N–H and O–H groups in total. The SMILES string of the molecule is CC(C)(C)OC(=O)N1CC(N2CCC(COc3cc(F)c4c(=O)[nH]c(CCC5CCOCC5)nc4c3)CC2)C1. The molecular weight excluding hydrogens is 503 g/mol. The Bertz CT molecular complexity index is 1210. The van der Waals surface area contributed by atoms with Gasteiger partial charge in [0.2, 0.25) is 0 Å².